The van der Waals surface area contributed by atoms with E-state index in [0.717, 1.165) is 0 Å². The molecule has 20 heavy (non-hydrogen) atoms. The molecule has 0 fully saturated rings. The third-order valence-corrected chi connectivity index (χ3v) is 2.57. The van der Waals surface area contributed by atoms with Crippen LogP contribution >= 0.6 is 0 Å². The van der Waals surface area contributed by atoms with Crippen LogP contribution in [0.15, 0.2) is 18.2 Å². The number of nitrogens with two attached hydrogens (primary N) is 1. The molecule has 108 valence electrons. The number of benzene rings is 1. The van der Waals surface area contributed by atoms with Gasteiger partial charge in [0.05, 0.1) is 12.8 Å². The Morgan fingerprint density at radius 1 is 1.20 bits per heavy atom. The van der Waals surface area contributed by atoms with Gasteiger partial charge in [-0.25, -0.2) is 0 Å². The van der Waals surface area contributed by atoms with Gasteiger partial charge < -0.3 is 20.7 Å². The summed E-state index contributed by atoms with van der Waals surface area (Å²) in [4.78, 5) is 32.7. The second kappa shape index (κ2) is 6.55. The Morgan fingerprint density at radius 2 is 1.75 bits per heavy atom. The number of aliphatic carboxylic acids is 2. The van der Waals surface area contributed by atoms with Gasteiger partial charge >= 0.3 is 17.9 Å². The molecule has 4 N–H and O–H groups in total. The van der Waals surface area contributed by atoms with E-state index in [9.17, 15) is 14.4 Å². The second-order valence-electron chi connectivity index (χ2n) is 4.28. The fourth-order valence-electron chi connectivity index (χ4n) is 1.85. The molecule has 0 heterocycles. The van der Waals surface area contributed by atoms with E-state index in [1.807, 2.05) is 0 Å². The number of hydrogen-bond donors (Lipinski definition) is 3. The first-order chi connectivity index (χ1) is 9.29. The van der Waals surface area contributed by atoms with Gasteiger partial charge in [-0.1, -0.05) is 6.07 Å². The van der Waals surface area contributed by atoms with E-state index < -0.39 is 23.8 Å². The van der Waals surface area contributed by atoms with Crippen molar-refractivity contribution >= 4 is 23.6 Å². The predicted molar refractivity (Wildman–Crippen MR) is 69.4 cm³/mol. The molecule has 0 aliphatic rings. The molecule has 0 saturated carbocycles. The Balaban J connectivity index is 3.19. The largest absolute Gasteiger partial charge is 0.481 e. The van der Waals surface area contributed by atoms with Crippen LogP contribution in [0.1, 0.15) is 31.2 Å². The molecule has 0 amide bonds. The third-order valence-electron chi connectivity index (χ3n) is 2.57. The lowest BCUT2D eigenvalue weighted by atomic mass is 9.91. The molecule has 7 heteroatoms. The Kier molecular flexibility index (Phi) is 5.08. The number of anilines is 1. The van der Waals surface area contributed by atoms with Crippen LogP contribution < -0.4 is 10.5 Å². The van der Waals surface area contributed by atoms with Gasteiger partial charge in [-0.2, -0.15) is 0 Å². The van der Waals surface area contributed by atoms with E-state index in [1.165, 1.54) is 25.1 Å². The maximum atomic E-state index is 11.0. The van der Waals surface area contributed by atoms with Crippen molar-refractivity contribution in [1.29, 1.82) is 0 Å². The number of rotatable bonds is 6. The Morgan fingerprint density at radius 3 is 2.20 bits per heavy atom. The predicted octanol–water partition coefficient (Wildman–Crippen LogP) is 1.23. The average molecular weight is 281 g/mol. The fourth-order valence-corrected chi connectivity index (χ4v) is 1.85. The van der Waals surface area contributed by atoms with Gasteiger partial charge in [0, 0.05) is 24.6 Å². The first kappa shape index (κ1) is 15.5. The van der Waals surface area contributed by atoms with Crippen molar-refractivity contribution in [2.24, 2.45) is 0 Å². The monoisotopic (exact) mass is 281 g/mol. The van der Waals surface area contributed by atoms with Gasteiger partial charge in [0.15, 0.2) is 0 Å². The lowest BCUT2D eigenvalue weighted by Crippen LogP contribution is -2.14. The fraction of sp³-hybridized carbons (Fsp3) is 0.308. The van der Waals surface area contributed by atoms with Crippen molar-refractivity contribution < 1.29 is 29.3 Å². The van der Waals surface area contributed by atoms with E-state index in [0.29, 0.717) is 11.3 Å². The summed E-state index contributed by atoms with van der Waals surface area (Å²) < 4.78 is 4.97. The smallest absolute Gasteiger partial charge is 0.308 e. The second-order valence-corrected chi connectivity index (χ2v) is 4.28. The summed E-state index contributed by atoms with van der Waals surface area (Å²) in [7, 11) is 0. The molecule has 0 saturated heterocycles. The van der Waals surface area contributed by atoms with Gasteiger partial charge in [-0.05, 0) is 11.6 Å². The first-order valence-corrected chi connectivity index (χ1v) is 5.81. The van der Waals surface area contributed by atoms with Gasteiger partial charge in [0.2, 0.25) is 0 Å². The number of carboxylic acid groups (broad SMARTS) is 2. The minimum absolute atomic E-state index is 0.0880. The third kappa shape index (κ3) is 4.60. The lowest BCUT2D eigenvalue weighted by molar-refractivity contribution is -0.139. The normalized spacial score (nSPS) is 10.3. The number of nitrogen functional groups attached to an aromatic ring is 1. The number of carbonyl (C=O) groups excluding carboxylic acids is 1. The molecule has 1 aromatic rings. The van der Waals surface area contributed by atoms with Crippen molar-refractivity contribution in [3.63, 3.8) is 0 Å². The summed E-state index contributed by atoms with van der Waals surface area (Å²) in [5.74, 6) is -3.59. The van der Waals surface area contributed by atoms with Crippen LogP contribution in [0.25, 0.3) is 0 Å². The van der Waals surface area contributed by atoms with Crippen LogP contribution in [0.5, 0.6) is 5.75 Å². The van der Waals surface area contributed by atoms with Crippen molar-refractivity contribution in [3.8, 4) is 5.75 Å². The molecule has 7 nitrogen and oxygen atoms in total. The highest BCUT2D eigenvalue weighted by atomic mass is 16.5. The molecule has 0 atom stereocenters. The van der Waals surface area contributed by atoms with Gasteiger partial charge in [0.25, 0.3) is 0 Å². The van der Waals surface area contributed by atoms with Crippen LogP contribution in [0.3, 0.4) is 0 Å². The summed E-state index contributed by atoms with van der Waals surface area (Å²) in [6.07, 6.45) is -0.769. The zero-order chi connectivity index (χ0) is 15.3. The van der Waals surface area contributed by atoms with Crippen LogP contribution in [-0.2, 0) is 14.4 Å². The highest BCUT2D eigenvalue weighted by molar-refractivity contribution is 5.74. The molecule has 0 radical (unpaired) electrons. The summed E-state index contributed by atoms with van der Waals surface area (Å²) in [5.41, 5.74) is 6.24. The Labute approximate surface area is 115 Å². The summed E-state index contributed by atoms with van der Waals surface area (Å²) in [5, 5.41) is 17.7. The maximum absolute atomic E-state index is 11.0. The van der Waals surface area contributed by atoms with E-state index in [2.05, 4.69) is 0 Å². The molecule has 0 aliphatic carbocycles. The van der Waals surface area contributed by atoms with E-state index >= 15 is 0 Å². The van der Waals surface area contributed by atoms with Crippen molar-refractivity contribution in [3.05, 3.63) is 23.8 Å². The number of hydrogen-bond acceptors (Lipinski definition) is 5. The van der Waals surface area contributed by atoms with Crippen molar-refractivity contribution in [2.75, 3.05) is 5.73 Å². The Bertz CT molecular complexity index is 524. The highest BCUT2D eigenvalue weighted by Gasteiger charge is 2.23. The summed E-state index contributed by atoms with van der Waals surface area (Å²) in [6.45, 7) is 1.19. The molecule has 0 aliphatic heterocycles. The molecule has 0 spiro atoms. The number of ether oxygens (including phenoxy) is 1. The van der Waals surface area contributed by atoms with Crippen molar-refractivity contribution in [2.45, 2.75) is 25.7 Å². The minimum Gasteiger partial charge on any atom is -0.481 e. The molecule has 0 aromatic heterocycles. The SMILES string of the molecule is CC(=O)Oc1cc(N)ccc1C(CC(=O)O)CC(=O)O. The van der Waals surface area contributed by atoms with E-state index in [1.54, 1.807) is 0 Å². The number of esters is 1. The molecule has 0 bridgehead atoms. The Hall–Kier alpha value is -2.57. The van der Waals surface area contributed by atoms with E-state index in [-0.39, 0.29) is 18.6 Å². The molecular formula is C13H15NO6. The minimum atomic E-state index is -1.14. The standard InChI is InChI=1S/C13H15NO6/c1-7(15)20-11-6-9(14)2-3-10(11)8(4-12(16)17)5-13(18)19/h2-3,6,8H,4-5,14H2,1H3,(H,16,17)(H,18,19). The molecule has 1 aromatic carbocycles. The van der Waals surface area contributed by atoms with Crippen LogP contribution in [-0.4, -0.2) is 28.1 Å². The summed E-state index contributed by atoms with van der Waals surface area (Å²) in [6, 6.07) is 4.34. The summed E-state index contributed by atoms with van der Waals surface area (Å²) >= 11 is 0. The topological polar surface area (TPSA) is 127 Å². The van der Waals surface area contributed by atoms with Gasteiger partial charge in [-0.15, -0.1) is 0 Å². The van der Waals surface area contributed by atoms with Crippen LogP contribution in [0, 0.1) is 0 Å². The highest BCUT2D eigenvalue weighted by Crippen LogP contribution is 2.33. The van der Waals surface area contributed by atoms with Gasteiger partial charge in [-0.3, -0.25) is 14.4 Å². The van der Waals surface area contributed by atoms with E-state index in [4.69, 9.17) is 20.7 Å². The van der Waals surface area contributed by atoms with Crippen molar-refractivity contribution in [1.82, 2.24) is 0 Å². The maximum Gasteiger partial charge on any atom is 0.308 e. The van der Waals surface area contributed by atoms with Crippen LogP contribution in [0.2, 0.25) is 0 Å². The quantitative estimate of drug-likeness (QED) is 0.406. The first-order valence-electron chi connectivity index (χ1n) is 5.81. The zero-order valence-corrected chi connectivity index (χ0v) is 10.8. The lowest BCUT2D eigenvalue weighted by Gasteiger charge is -2.17. The number of carboxylic acids is 2. The molecule has 0 unspecified atom stereocenters. The number of carbonyl (C=O) groups is 3. The average Bonchev–Trinajstić information content (AvgIpc) is 2.25. The molecule has 1 rings (SSSR count). The molecular weight excluding hydrogens is 266 g/mol. The van der Waals surface area contributed by atoms with Gasteiger partial charge in [0.1, 0.15) is 5.75 Å². The van der Waals surface area contributed by atoms with Crippen LogP contribution in [0.4, 0.5) is 5.69 Å². The zero-order valence-electron chi connectivity index (χ0n) is 10.8.